The second kappa shape index (κ2) is 4.41. The number of hydrogen-bond acceptors (Lipinski definition) is 1. The second-order valence-corrected chi connectivity index (χ2v) is 5.61. The van der Waals surface area contributed by atoms with E-state index in [4.69, 9.17) is 0 Å². The Morgan fingerprint density at radius 2 is 2.00 bits per heavy atom. The summed E-state index contributed by atoms with van der Waals surface area (Å²) in [6.07, 6.45) is 2.22. The molecule has 0 N–H and O–H groups in total. The van der Waals surface area contributed by atoms with Crippen LogP contribution in [0.15, 0.2) is 0 Å². The molecule has 0 aromatic carbocycles. The van der Waals surface area contributed by atoms with Crippen molar-refractivity contribution in [2.45, 2.75) is 33.7 Å². The van der Waals surface area contributed by atoms with Gasteiger partial charge in [-0.2, -0.15) is 0 Å². The molecule has 76 valence electrons. The highest BCUT2D eigenvalue weighted by Gasteiger charge is 2.31. The first-order valence-corrected chi connectivity index (χ1v) is 6.46. The van der Waals surface area contributed by atoms with E-state index in [1.165, 1.54) is 6.16 Å². The van der Waals surface area contributed by atoms with Crippen LogP contribution in [0.3, 0.4) is 0 Å². The fraction of sp³-hybridized carbons (Fsp3) is 0.900. The highest BCUT2D eigenvalue weighted by molar-refractivity contribution is 7.38. The zero-order chi connectivity index (χ0) is 10.0. The molecular weight excluding hydrogens is 181 g/mol. The van der Waals surface area contributed by atoms with E-state index in [2.05, 4.69) is 18.7 Å². The third-order valence-electron chi connectivity index (χ3n) is 2.58. The molecule has 0 aromatic rings. The van der Waals surface area contributed by atoms with Crippen molar-refractivity contribution in [3.8, 4) is 0 Å². The van der Waals surface area contributed by atoms with E-state index in [-0.39, 0.29) is 5.92 Å². The lowest BCUT2D eigenvalue weighted by Gasteiger charge is -2.28. The van der Waals surface area contributed by atoms with Crippen LogP contribution in [0.1, 0.15) is 27.7 Å². The Morgan fingerprint density at radius 3 is 2.46 bits per heavy atom. The van der Waals surface area contributed by atoms with Gasteiger partial charge in [0, 0.05) is 18.2 Å². The normalized spacial score (nSPS) is 25.1. The zero-order valence-electron chi connectivity index (χ0n) is 9.00. The Kier molecular flexibility index (Phi) is 3.73. The van der Waals surface area contributed by atoms with Crippen molar-refractivity contribution < 1.29 is 4.79 Å². The molecule has 1 saturated heterocycles. The van der Waals surface area contributed by atoms with Gasteiger partial charge in [-0.15, -0.1) is 0 Å². The Morgan fingerprint density at radius 1 is 1.38 bits per heavy atom. The summed E-state index contributed by atoms with van der Waals surface area (Å²) in [4.78, 5) is 13.9. The van der Waals surface area contributed by atoms with Gasteiger partial charge in [0.2, 0.25) is 5.91 Å². The van der Waals surface area contributed by atoms with E-state index in [9.17, 15) is 4.79 Å². The molecule has 0 aromatic heterocycles. The molecule has 1 aliphatic rings. The SMILES string of the molecule is CC(C)C(=O)N1CPCC1C(C)C. The molecule has 1 heterocycles. The summed E-state index contributed by atoms with van der Waals surface area (Å²) in [7, 11) is 0.953. The summed E-state index contributed by atoms with van der Waals surface area (Å²) in [6.45, 7) is 8.39. The van der Waals surface area contributed by atoms with Crippen LogP contribution in [0.5, 0.6) is 0 Å². The molecule has 2 atom stereocenters. The van der Waals surface area contributed by atoms with Gasteiger partial charge in [0.05, 0.1) is 0 Å². The molecule has 1 amide bonds. The van der Waals surface area contributed by atoms with Crippen LogP contribution < -0.4 is 0 Å². The summed E-state index contributed by atoms with van der Waals surface area (Å²) >= 11 is 0. The molecule has 1 aliphatic heterocycles. The molecule has 1 fully saturated rings. The lowest BCUT2D eigenvalue weighted by atomic mass is 10.0. The fourth-order valence-electron chi connectivity index (χ4n) is 1.73. The molecule has 0 spiro atoms. The maximum absolute atomic E-state index is 11.8. The van der Waals surface area contributed by atoms with Crippen LogP contribution in [0.2, 0.25) is 0 Å². The second-order valence-electron chi connectivity index (χ2n) is 4.39. The minimum absolute atomic E-state index is 0.157. The highest BCUT2D eigenvalue weighted by atomic mass is 31.1. The third kappa shape index (κ3) is 2.43. The van der Waals surface area contributed by atoms with Crippen LogP contribution in [0.4, 0.5) is 0 Å². The van der Waals surface area contributed by atoms with E-state index in [1.54, 1.807) is 0 Å². The van der Waals surface area contributed by atoms with Crippen molar-refractivity contribution >= 4 is 14.5 Å². The molecule has 13 heavy (non-hydrogen) atoms. The van der Waals surface area contributed by atoms with Crippen molar-refractivity contribution in [3.05, 3.63) is 0 Å². The molecule has 2 nitrogen and oxygen atoms in total. The van der Waals surface area contributed by atoms with E-state index in [1.807, 2.05) is 13.8 Å². The molecule has 1 rings (SSSR count). The van der Waals surface area contributed by atoms with Gasteiger partial charge in [-0.3, -0.25) is 4.79 Å². The summed E-state index contributed by atoms with van der Waals surface area (Å²) < 4.78 is 0. The molecule has 0 bridgehead atoms. The van der Waals surface area contributed by atoms with Crippen LogP contribution >= 0.6 is 8.58 Å². The van der Waals surface area contributed by atoms with Gasteiger partial charge >= 0.3 is 0 Å². The lowest BCUT2D eigenvalue weighted by Crippen LogP contribution is -2.41. The highest BCUT2D eigenvalue weighted by Crippen LogP contribution is 2.31. The average molecular weight is 201 g/mol. The number of carbonyl (C=O) groups is 1. The van der Waals surface area contributed by atoms with E-state index < -0.39 is 0 Å². The molecule has 2 unspecified atom stereocenters. The Bertz CT molecular complexity index is 191. The number of carbonyl (C=O) groups excluding carboxylic acids is 1. The Labute approximate surface area is 82.9 Å². The first kappa shape index (κ1) is 11.0. The van der Waals surface area contributed by atoms with E-state index >= 15 is 0 Å². The topological polar surface area (TPSA) is 20.3 Å². The van der Waals surface area contributed by atoms with Gasteiger partial charge in [0.1, 0.15) is 0 Å². The van der Waals surface area contributed by atoms with Gasteiger partial charge in [0.15, 0.2) is 0 Å². The Hall–Kier alpha value is -0.100. The lowest BCUT2D eigenvalue weighted by molar-refractivity contribution is -0.135. The fourth-order valence-corrected chi connectivity index (χ4v) is 3.48. The van der Waals surface area contributed by atoms with Gasteiger partial charge in [-0.1, -0.05) is 36.3 Å². The molecule has 0 saturated carbocycles. The van der Waals surface area contributed by atoms with Crippen molar-refractivity contribution in [1.29, 1.82) is 0 Å². The van der Waals surface area contributed by atoms with Crippen LogP contribution in [0, 0.1) is 11.8 Å². The smallest absolute Gasteiger partial charge is 0.225 e. The van der Waals surface area contributed by atoms with Gasteiger partial charge in [-0.25, -0.2) is 0 Å². The summed E-state index contributed by atoms with van der Waals surface area (Å²) in [5.41, 5.74) is 0. The quantitative estimate of drug-likeness (QED) is 0.627. The zero-order valence-corrected chi connectivity index (χ0v) is 10.0. The minimum atomic E-state index is 0.157. The Balaban J connectivity index is 2.63. The van der Waals surface area contributed by atoms with Gasteiger partial charge in [0.25, 0.3) is 0 Å². The van der Waals surface area contributed by atoms with E-state index in [0.29, 0.717) is 17.9 Å². The monoisotopic (exact) mass is 201 g/mol. The first-order valence-electron chi connectivity index (χ1n) is 5.05. The predicted molar refractivity (Wildman–Crippen MR) is 58.4 cm³/mol. The summed E-state index contributed by atoms with van der Waals surface area (Å²) in [5.74, 6) is 1.10. The number of rotatable bonds is 2. The van der Waals surface area contributed by atoms with E-state index in [0.717, 1.165) is 14.9 Å². The number of amides is 1. The molecular formula is C10H20NOP. The molecule has 0 aliphatic carbocycles. The van der Waals surface area contributed by atoms with Crippen LogP contribution in [-0.2, 0) is 4.79 Å². The third-order valence-corrected chi connectivity index (χ3v) is 3.85. The van der Waals surface area contributed by atoms with Gasteiger partial charge < -0.3 is 4.90 Å². The van der Waals surface area contributed by atoms with Crippen molar-refractivity contribution in [2.75, 3.05) is 12.4 Å². The van der Waals surface area contributed by atoms with Crippen LogP contribution in [0.25, 0.3) is 0 Å². The largest absolute Gasteiger partial charge is 0.335 e. The standard InChI is InChI=1S/C10H20NOP/c1-7(2)9-5-13-6-11(9)10(12)8(3)4/h7-9,13H,5-6H2,1-4H3. The molecule has 3 heteroatoms. The maximum Gasteiger partial charge on any atom is 0.225 e. The first-order chi connectivity index (χ1) is 6.04. The van der Waals surface area contributed by atoms with Crippen LogP contribution in [-0.4, -0.2) is 29.3 Å². The average Bonchev–Trinajstić information content (AvgIpc) is 2.50. The predicted octanol–water partition coefficient (Wildman–Crippen LogP) is 2.15. The summed E-state index contributed by atoms with van der Waals surface area (Å²) in [6, 6.07) is 0.508. The maximum atomic E-state index is 11.8. The minimum Gasteiger partial charge on any atom is -0.335 e. The van der Waals surface area contributed by atoms with Crippen molar-refractivity contribution in [2.24, 2.45) is 11.8 Å². The van der Waals surface area contributed by atoms with Crippen molar-refractivity contribution in [3.63, 3.8) is 0 Å². The summed E-state index contributed by atoms with van der Waals surface area (Å²) in [5, 5.41) is 0. The number of hydrogen-bond donors (Lipinski definition) is 0. The van der Waals surface area contributed by atoms with Gasteiger partial charge in [-0.05, 0) is 12.1 Å². The van der Waals surface area contributed by atoms with Crippen molar-refractivity contribution in [1.82, 2.24) is 4.90 Å². The molecule has 0 radical (unpaired) electrons. The number of nitrogens with zero attached hydrogens (tertiary/aromatic N) is 1.